The van der Waals surface area contributed by atoms with Gasteiger partial charge in [0.2, 0.25) is 5.91 Å². The SMILES string of the molecule is CC(C)(C)OC(=O)N1CCc2c(sc(NC(=O)/C=C/c3cccnc3)c2C#N)C1. The molecule has 1 aliphatic heterocycles. The maximum absolute atomic E-state index is 12.3. The Balaban J connectivity index is 1.73. The second-order valence-electron chi connectivity index (χ2n) is 7.58. The molecular formula is C21H22N4O3S. The zero-order valence-corrected chi connectivity index (χ0v) is 17.4. The van der Waals surface area contributed by atoms with Crippen LogP contribution in [-0.2, 0) is 22.5 Å². The molecule has 2 aromatic heterocycles. The third kappa shape index (κ3) is 5.21. The maximum atomic E-state index is 12.3. The van der Waals surface area contributed by atoms with E-state index in [-0.39, 0.29) is 12.0 Å². The van der Waals surface area contributed by atoms with Gasteiger partial charge in [0, 0.05) is 29.9 Å². The molecule has 3 rings (SSSR count). The van der Waals surface area contributed by atoms with Gasteiger partial charge in [-0.15, -0.1) is 11.3 Å². The molecule has 2 aromatic rings. The minimum atomic E-state index is -0.565. The number of aromatic nitrogens is 1. The lowest BCUT2D eigenvalue weighted by Gasteiger charge is -2.29. The van der Waals surface area contributed by atoms with Gasteiger partial charge < -0.3 is 15.0 Å². The fourth-order valence-corrected chi connectivity index (χ4v) is 4.11. The van der Waals surface area contributed by atoms with Gasteiger partial charge >= 0.3 is 6.09 Å². The highest BCUT2D eigenvalue weighted by Gasteiger charge is 2.29. The molecule has 7 nitrogen and oxygen atoms in total. The molecule has 0 bridgehead atoms. The standard InChI is InChI=1S/C21H22N4O3S/c1-21(2,3)28-20(27)25-10-8-15-16(11-22)19(29-17(15)13-25)24-18(26)7-6-14-5-4-9-23-12-14/h4-7,9,12H,8,10,13H2,1-3H3,(H,24,26)/b7-6+. The van der Waals surface area contributed by atoms with Crippen molar-refractivity contribution >= 4 is 34.4 Å². The van der Waals surface area contributed by atoms with Crippen LogP contribution in [0, 0.1) is 11.3 Å². The first kappa shape index (κ1) is 20.6. The van der Waals surface area contributed by atoms with Crippen LogP contribution in [0.3, 0.4) is 0 Å². The molecule has 8 heteroatoms. The number of nitrogens with one attached hydrogen (secondary N) is 1. The monoisotopic (exact) mass is 410 g/mol. The number of carbonyl (C=O) groups excluding carboxylic acids is 2. The van der Waals surface area contributed by atoms with E-state index in [1.165, 1.54) is 17.4 Å². The summed E-state index contributed by atoms with van der Waals surface area (Å²) in [6.07, 6.45) is 6.55. The number of carbonyl (C=O) groups is 2. The number of hydrogen-bond acceptors (Lipinski definition) is 6. The Hall–Kier alpha value is -3.18. The summed E-state index contributed by atoms with van der Waals surface area (Å²) in [6, 6.07) is 5.82. The van der Waals surface area contributed by atoms with Crippen molar-refractivity contribution < 1.29 is 14.3 Å². The molecule has 0 aromatic carbocycles. The number of hydrogen-bond donors (Lipinski definition) is 1. The van der Waals surface area contributed by atoms with Crippen molar-refractivity contribution in [2.24, 2.45) is 0 Å². The fourth-order valence-electron chi connectivity index (χ4n) is 2.89. The lowest BCUT2D eigenvalue weighted by molar-refractivity contribution is -0.111. The first-order valence-corrected chi connectivity index (χ1v) is 10.00. The molecule has 0 atom stereocenters. The third-order valence-corrected chi connectivity index (χ3v) is 5.30. The first-order valence-electron chi connectivity index (χ1n) is 9.18. The highest BCUT2D eigenvalue weighted by atomic mass is 32.1. The Bertz CT molecular complexity index is 984. The summed E-state index contributed by atoms with van der Waals surface area (Å²) >= 11 is 1.33. The highest BCUT2D eigenvalue weighted by molar-refractivity contribution is 7.16. The van der Waals surface area contributed by atoms with Gasteiger partial charge in [0.05, 0.1) is 12.1 Å². The van der Waals surface area contributed by atoms with Crippen molar-refractivity contribution in [3.05, 3.63) is 52.2 Å². The Kier molecular flexibility index (Phi) is 5.99. The molecule has 0 aliphatic carbocycles. The Labute approximate surface area is 173 Å². The number of ether oxygens (including phenoxy) is 1. The number of thiophene rings is 1. The number of nitriles is 1. The zero-order valence-electron chi connectivity index (χ0n) is 16.6. The van der Waals surface area contributed by atoms with Gasteiger partial charge in [-0.3, -0.25) is 9.78 Å². The molecule has 1 aliphatic rings. The largest absolute Gasteiger partial charge is 0.444 e. The van der Waals surface area contributed by atoms with Crippen LogP contribution >= 0.6 is 11.3 Å². The van der Waals surface area contributed by atoms with E-state index in [2.05, 4.69) is 16.4 Å². The molecule has 150 valence electrons. The first-order chi connectivity index (χ1) is 13.8. The average molecular weight is 410 g/mol. The summed E-state index contributed by atoms with van der Waals surface area (Å²) in [5, 5.41) is 12.9. The van der Waals surface area contributed by atoms with E-state index in [9.17, 15) is 14.9 Å². The van der Waals surface area contributed by atoms with Crippen LogP contribution in [-0.4, -0.2) is 34.0 Å². The van der Waals surface area contributed by atoms with Crippen molar-refractivity contribution in [3.63, 3.8) is 0 Å². The van der Waals surface area contributed by atoms with Crippen LogP contribution < -0.4 is 5.32 Å². The third-order valence-electron chi connectivity index (χ3n) is 4.17. The molecule has 29 heavy (non-hydrogen) atoms. The molecular weight excluding hydrogens is 388 g/mol. The number of rotatable bonds is 3. The smallest absolute Gasteiger partial charge is 0.410 e. The molecule has 0 spiro atoms. The van der Waals surface area contributed by atoms with Crippen molar-refractivity contribution in [1.29, 1.82) is 5.26 Å². The molecule has 0 saturated carbocycles. The van der Waals surface area contributed by atoms with Gasteiger partial charge in [-0.05, 0) is 50.5 Å². The summed E-state index contributed by atoms with van der Waals surface area (Å²) in [5.74, 6) is -0.326. The maximum Gasteiger partial charge on any atom is 0.410 e. The summed E-state index contributed by atoms with van der Waals surface area (Å²) in [7, 11) is 0. The molecule has 3 heterocycles. The summed E-state index contributed by atoms with van der Waals surface area (Å²) in [6.45, 7) is 6.32. The van der Waals surface area contributed by atoms with Crippen molar-refractivity contribution in [3.8, 4) is 6.07 Å². The van der Waals surface area contributed by atoms with Crippen molar-refractivity contribution in [1.82, 2.24) is 9.88 Å². The Morgan fingerprint density at radius 1 is 1.41 bits per heavy atom. The fraction of sp³-hybridized carbons (Fsp3) is 0.333. The number of amides is 2. The van der Waals surface area contributed by atoms with Crippen LogP contribution in [0.25, 0.3) is 6.08 Å². The number of anilines is 1. The van der Waals surface area contributed by atoms with E-state index in [0.29, 0.717) is 30.1 Å². The highest BCUT2D eigenvalue weighted by Crippen LogP contribution is 2.37. The summed E-state index contributed by atoms with van der Waals surface area (Å²) < 4.78 is 5.44. The molecule has 0 radical (unpaired) electrons. The zero-order chi connectivity index (χ0) is 21.0. The average Bonchev–Trinajstić information content (AvgIpc) is 3.01. The predicted molar refractivity (Wildman–Crippen MR) is 111 cm³/mol. The van der Waals surface area contributed by atoms with Gasteiger partial charge in [-0.25, -0.2) is 4.79 Å². The summed E-state index contributed by atoms with van der Waals surface area (Å²) in [4.78, 5) is 31.1. The van der Waals surface area contributed by atoms with Gasteiger partial charge in [-0.1, -0.05) is 6.07 Å². The van der Waals surface area contributed by atoms with Gasteiger partial charge in [0.15, 0.2) is 0 Å². The minimum absolute atomic E-state index is 0.326. The van der Waals surface area contributed by atoms with Crippen LogP contribution in [0.15, 0.2) is 30.6 Å². The Morgan fingerprint density at radius 3 is 2.86 bits per heavy atom. The molecule has 0 fully saturated rings. The van der Waals surface area contributed by atoms with E-state index in [4.69, 9.17) is 4.74 Å². The van der Waals surface area contributed by atoms with Crippen LogP contribution in [0.5, 0.6) is 0 Å². The van der Waals surface area contributed by atoms with Gasteiger partial charge in [-0.2, -0.15) is 5.26 Å². The second-order valence-corrected chi connectivity index (χ2v) is 8.69. The second kappa shape index (κ2) is 8.45. The van der Waals surface area contributed by atoms with Gasteiger partial charge in [0.25, 0.3) is 0 Å². The Morgan fingerprint density at radius 2 is 2.21 bits per heavy atom. The number of fused-ring (bicyclic) bond motifs is 1. The quantitative estimate of drug-likeness (QED) is 0.773. The molecule has 0 saturated heterocycles. The number of pyridine rings is 1. The van der Waals surface area contributed by atoms with E-state index in [1.807, 2.05) is 26.8 Å². The minimum Gasteiger partial charge on any atom is -0.444 e. The lowest BCUT2D eigenvalue weighted by atomic mass is 10.0. The molecule has 0 unspecified atom stereocenters. The topological polar surface area (TPSA) is 95.3 Å². The normalized spacial score (nSPS) is 13.7. The van der Waals surface area contributed by atoms with Crippen LogP contribution in [0.4, 0.5) is 9.80 Å². The lowest BCUT2D eigenvalue weighted by Crippen LogP contribution is -2.39. The van der Waals surface area contributed by atoms with E-state index in [1.54, 1.807) is 29.4 Å². The van der Waals surface area contributed by atoms with Crippen molar-refractivity contribution in [2.75, 3.05) is 11.9 Å². The number of nitrogens with zero attached hydrogens (tertiary/aromatic N) is 3. The van der Waals surface area contributed by atoms with E-state index < -0.39 is 5.60 Å². The molecule has 1 N–H and O–H groups in total. The molecule has 2 amide bonds. The van der Waals surface area contributed by atoms with Crippen LogP contribution in [0.2, 0.25) is 0 Å². The summed E-state index contributed by atoms with van der Waals surface area (Å²) in [5.41, 5.74) is 1.60. The van der Waals surface area contributed by atoms with Gasteiger partial charge in [0.1, 0.15) is 16.7 Å². The van der Waals surface area contributed by atoms with E-state index >= 15 is 0 Å². The predicted octanol–water partition coefficient (Wildman–Crippen LogP) is 3.96. The van der Waals surface area contributed by atoms with Crippen LogP contribution in [0.1, 0.15) is 42.3 Å². The van der Waals surface area contributed by atoms with Crippen molar-refractivity contribution in [2.45, 2.75) is 39.3 Å². The van der Waals surface area contributed by atoms with E-state index in [0.717, 1.165) is 16.0 Å².